The first-order valence-corrected chi connectivity index (χ1v) is 11.9. The Morgan fingerprint density at radius 3 is 2.73 bits per heavy atom. The summed E-state index contributed by atoms with van der Waals surface area (Å²) in [5, 5.41) is 4.75. The van der Waals surface area contributed by atoms with Gasteiger partial charge < -0.3 is 4.52 Å². The molecule has 1 aliphatic heterocycles. The number of benzene rings is 1. The van der Waals surface area contributed by atoms with Crippen molar-refractivity contribution in [3.8, 4) is 11.4 Å². The van der Waals surface area contributed by atoms with Gasteiger partial charge in [0.1, 0.15) is 0 Å². The highest BCUT2D eigenvalue weighted by molar-refractivity contribution is 7.86. The van der Waals surface area contributed by atoms with Crippen molar-refractivity contribution in [2.75, 3.05) is 26.7 Å². The first kappa shape index (κ1) is 23.5. The van der Waals surface area contributed by atoms with Crippen LogP contribution in [-0.4, -0.2) is 53.9 Å². The van der Waals surface area contributed by atoms with Crippen molar-refractivity contribution >= 4 is 34.2 Å². The van der Waals surface area contributed by atoms with E-state index >= 15 is 0 Å². The lowest BCUT2D eigenvalue weighted by Gasteiger charge is -2.34. The maximum atomic E-state index is 12.8. The highest BCUT2D eigenvalue weighted by atomic mass is 35.5. The zero-order chi connectivity index (χ0) is 20.6. The summed E-state index contributed by atoms with van der Waals surface area (Å²) in [6.07, 6.45) is 4.48. The Morgan fingerprint density at radius 1 is 1.33 bits per heavy atom. The molecule has 4 rings (SSSR count). The molecule has 1 spiro atoms. The van der Waals surface area contributed by atoms with E-state index in [1.165, 1.54) is 4.31 Å². The fourth-order valence-electron chi connectivity index (χ4n) is 4.23. The van der Waals surface area contributed by atoms with E-state index in [-0.39, 0.29) is 23.7 Å². The monoisotopic (exact) mass is 474 g/mol. The second-order valence-electron chi connectivity index (χ2n) is 8.17. The average molecular weight is 475 g/mol. The Morgan fingerprint density at radius 2 is 2.07 bits per heavy atom. The predicted octanol–water partition coefficient (Wildman–Crippen LogP) is 4.36. The molecule has 10 heteroatoms. The Bertz CT molecular complexity index is 974. The molecule has 2 aliphatic rings. The second-order valence-corrected chi connectivity index (χ2v) is 10.6. The molecule has 2 aromatic rings. The number of unbranched alkanes of at least 4 members (excludes halogenated alkanes) is 1. The van der Waals surface area contributed by atoms with Crippen molar-refractivity contribution in [3.63, 3.8) is 0 Å². The normalized spacial score (nSPS) is 21.0. The van der Waals surface area contributed by atoms with Crippen molar-refractivity contribution in [1.82, 2.24) is 18.8 Å². The number of aromatic nitrogens is 2. The summed E-state index contributed by atoms with van der Waals surface area (Å²) in [6.45, 7) is 3.72. The van der Waals surface area contributed by atoms with Gasteiger partial charge in [0.05, 0.1) is 0 Å². The van der Waals surface area contributed by atoms with Crippen LogP contribution in [0.3, 0.4) is 0 Å². The molecular formula is C20H28Cl2N4O3S. The number of halogens is 2. The van der Waals surface area contributed by atoms with E-state index in [1.807, 2.05) is 24.3 Å². The third-order valence-corrected chi connectivity index (χ3v) is 8.50. The molecule has 7 nitrogen and oxygen atoms in total. The highest BCUT2D eigenvalue weighted by Crippen LogP contribution is 2.64. The lowest BCUT2D eigenvalue weighted by Crippen LogP contribution is -2.46. The Hall–Kier alpha value is -1.19. The van der Waals surface area contributed by atoms with Gasteiger partial charge >= 0.3 is 0 Å². The van der Waals surface area contributed by atoms with Crippen molar-refractivity contribution in [1.29, 1.82) is 0 Å². The average Bonchev–Trinajstić information content (AvgIpc) is 3.17. The van der Waals surface area contributed by atoms with Gasteiger partial charge in [0.2, 0.25) is 11.7 Å². The Balaban J connectivity index is 0.00000256. The van der Waals surface area contributed by atoms with Crippen LogP contribution in [0.2, 0.25) is 5.02 Å². The van der Waals surface area contributed by atoms with Gasteiger partial charge in [-0.2, -0.15) is 22.0 Å². The molecule has 1 saturated heterocycles. The highest BCUT2D eigenvalue weighted by Gasteiger charge is 2.59. The smallest absolute Gasteiger partial charge is 0.281 e. The van der Waals surface area contributed by atoms with Gasteiger partial charge in [0, 0.05) is 43.2 Å². The summed E-state index contributed by atoms with van der Waals surface area (Å²) >= 11 is 6.05. The lowest BCUT2D eigenvalue weighted by atomic mass is 9.92. The number of rotatable bonds is 7. The molecule has 1 aromatic heterocycles. The van der Waals surface area contributed by atoms with E-state index in [4.69, 9.17) is 16.1 Å². The number of nitrogens with zero attached hydrogens (tertiary/aromatic N) is 4. The molecule has 0 radical (unpaired) electrons. The topological polar surface area (TPSA) is 79.5 Å². The predicted molar refractivity (Wildman–Crippen MR) is 119 cm³/mol. The fraction of sp³-hybridized carbons (Fsp3) is 0.600. The summed E-state index contributed by atoms with van der Waals surface area (Å²) in [7, 11) is -1.70. The summed E-state index contributed by atoms with van der Waals surface area (Å²) < 4.78 is 34.2. The van der Waals surface area contributed by atoms with E-state index in [9.17, 15) is 8.42 Å². The van der Waals surface area contributed by atoms with Crippen LogP contribution in [0.5, 0.6) is 0 Å². The maximum Gasteiger partial charge on any atom is 0.281 e. The largest absolute Gasteiger partial charge is 0.339 e. The summed E-state index contributed by atoms with van der Waals surface area (Å²) in [4.78, 5) is 4.59. The van der Waals surface area contributed by atoms with E-state index < -0.39 is 10.2 Å². The van der Waals surface area contributed by atoms with E-state index in [0.717, 1.165) is 37.7 Å². The van der Waals surface area contributed by atoms with E-state index in [2.05, 4.69) is 17.1 Å². The third kappa shape index (κ3) is 4.53. The number of hydrogen-bond acceptors (Lipinski definition) is 5. The minimum absolute atomic E-state index is 0. The third-order valence-electron chi connectivity index (χ3n) is 6.28. The molecule has 30 heavy (non-hydrogen) atoms. The molecule has 1 aromatic carbocycles. The van der Waals surface area contributed by atoms with Gasteiger partial charge in [-0.3, -0.25) is 0 Å². The van der Waals surface area contributed by atoms with Gasteiger partial charge in [-0.15, -0.1) is 12.4 Å². The van der Waals surface area contributed by atoms with Gasteiger partial charge in [0.15, 0.2) is 0 Å². The zero-order valence-electron chi connectivity index (χ0n) is 17.3. The first-order chi connectivity index (χ1) is 13.9. The molecule has 0 N–H and O–H groups in total. The van der Waals surface area contributed by atoms with Crippen molar-refractivity contribution in [3.05, 3.63) is 35.2 Å². The molecular weight excluding hydrogens is 447 g/mol. The minimum Gasteiger partial charge on any atom is -0.339 e. The van der Waals surface area contributed by atoms with Crippen LogP contribution in [0.15, 0.2) is 28.8 Å². The molecule has 1 aliphatic carbocycles. The van der Waals surface area contributed by atoms with Crippen molar-refractivity contribution in [2.24, 2.45) is 5.41 Å². The van der Waals surface area contributed by atoms with Crippen LogP contribution >= 0.6 is 24.0 Å². The van der Waals surface area contributed by atoms with Gasteiger partial charge in [0.25, 0.3) is 10.2 Å². The number of hydrogen-bond donors (Lipinski definition) is 0. The van der Waals surface area contributed by atoms with Gasteiger partial charge in [-0.1, -0.05) is 42.2 Å². The van der Waals surface area contributed by atoms with Crippen LogP contribution in [0.4, 0.5) is 0 Å². The van der Waals surface area contributed by atoms with Gasteiger partial charge in [-0.05, 0) is 43.2 Å². The standard InChI is InChI=1S/C20H27ClN4O3S.ClH/c1-3-4-10-24(2)29(26,27)25-11-8-20(9-12-25)14-17(20)19-22-18(23-28-19)15-6-5-7-16(21)13-15;/h5-7,13,17H,3-4,8-12,14H2,1-2H3;1H. The number of piperidine rings is 1. The molecule has 1 saturated carbocycles. The minimum atomic E-state index is -3.37. The second kappa shape index (κ2) is 9.12. The molecule has 0 bridgehead atoms. The fourth-order valence-corrected chi connectivity index (χ4v) is 5.81. The van der Waals surface area contributed by atoms with Crippen molar-refractivity contribution in [2.45, 2.75) is 44.9 Å². The summed E-state index contributed by atoms with van der Waals surface area (Å²) in [5.74, 6) is 1.41. The van der Waals surface area contributed by atoms with Crippen molar-refractivity contribution < 1.29 is 12.9 Å². The van der Waals surface area contributed by atoms with Crippen LogP contribution < -0.4 is 0 Å². The first-order valence-electron chi connectivity index (χ1n) is 10.2. The Kier molecular flexibility index (Phi) is 7.14. The van der Waals surface area contributed by atoms with Crippen LogP contribution in [-0.2, 0) is 10.2 Å². The van der Waals surface area contributed by atoms with Crippen LogP contribution in [0.25, 0.3) is 11.4 Å². The van der Waals surface area contributed by atoms with E-state index in [1.54, 1.807) is 11.4 Å². The van der Waals surface area contributed by atoms with Crippen LogP contribution in [0, 0.1) is 5.41 Å². The summed E-state index contributed by atoms with van der Waals surface area (Å²) in [5.41, 5.74) is 0.921. The Labute approximate surface area is 189 Å². The molecule has 2 fully saturated rings. The van der Waals surface area contributed by atoms with Crippen LogP contribution in [0.1, 0.15) is 50.8 Å². The molecule has 2 heterocycles. The molecule has 1 atom stereocenters. The quantitative estimate of drug-likeness (QED) is 0.595. The molecule has 166 valence electrons. The van der Waals surface area contributed by atoms with Gasteiger partial charge in [-0.25, -0.2) is 0 Å². The zero-order valence-corrected chi connectivity index (χ0v) is 19.6. The summed E-state index contributed by atoms with van der Waals surface area (Å²) in [6, 6.07) is 7.39. The maximum absolute atomic E-state index is 12.8. The molecule has 1 unspecified atom stereocenters. The SMILES string of the molecule is CCCCN(C)S(=O)(=O)N1CCC2(CC1)CC2c1nc(-c2cccc(Cl)c2)no1.Cl. The lowest BCUT2D eigenvalue weighted by molar-refractivity contribution is 0.231. The molecule has 0 amide bonds. The van der Waals surface area contributed by atoms with E-state index in [0.29, 0.717) is 36.4 Å².